The number of rotatable bonds is 5. The monoisotopic (exact) mass is 257 g/mol. The van der Waals surface area contributed by atoms with Gasteiger partial charge < -0.3 is 15.8 Å². The molecule has 4 nitrogen and oxygen atoms in total. The number of hydrogen-bond acceptors (Lipinski definition) is 4. The SMILES string of the molecule is CCCOc1ccc(Nc2cc(N)c(C)cn2)cc1. The highest BCUT2D eigenvalue weighted by molar-refractivity contribution is 5.61. The van der Waals surface area contributed by atoms with E-state index < -0.39 is 0 Å². The van der Waals surface area contributed by atoms with E-state index in [2.05, 4.69) is 17.2 Å². The Morgan fingerprint density at radius 2 is 2.00 bits per heavy atom. The number of aryl methyl sites for hydroxylation is 1. The molecule has 0 radical (unpaired) electrons. The molecule has 2 aromatic rings. The Morgan fingerprint density at radius 3 is 2.63 bits per heavy atom. The Labute approximate surface area is 113 Å². The Kier molecular flexibility index (Phi) is 4.23. The van der Waals surface area contributed by atoms with Crippen LogP contribution in [-0.4, -0.2) is 11.6 Å². The standard InChI is InChI=1S/C15H19N3O/c1-3-8-19-13-6-4-12(5-7-13)18-15-9-14(16)11(2)10-17-15/h4-7,9-10H,3,8H2,1-2H3,(H3,16,17,18). The van der Waals surface area contributed by atoms with Crippen molar-refractivity contribution in [3.8, 4) is 5.75 Å². The van der Waals surface area contributed by atoms with Gasteiger partial charge in [-0.3, -0.25) is 0 Å². The zero-order chi connectivity index (χ0) is 13.7. The molecule has 0 saturated heterocycles. The molecule has 0 fully saturated rings. The minimum Gasteiger partial charge on any atom is -0.494 e. The van der Waals surface area contributed by atoms with Gasteiger partial charge in [-0.05, 0) is 43.2 Å². The molecular formula is C15H19N3O. The summed E-state index contributed by atoms with van der Waals surface area (Å²) in [6.07, 6.45) is 2.77. The van der Waals surface area contributed by atoms with Crippen LogP contribution in [0.2, 0.25) is 0 Å². The van der Waals surface area contributed by atoms with Crippen molar-refractivity contribution >= 4 is 17.2 Å². The van der Waals surface area contributed by atoms with Crippen LogP contribution in [-0.2, 0) is 0 Å². The molecule has 1 aromatic heterocycles. The van der Waals surface area contributed by atoms with E-state index in [0.29, 0.717) is 0 Å². The molecule has 1 aromatic carbocycles. The van der Waals surface area contributed by atoms with Gasteiger partial charge in [0.15, 0.2) is 0 Å². The molecule has 0 aliphatic heterocycles. The van der Waals surface area contributed by atoms with Crippen LogP contribution in [0, 0.1) is 6.92 Å². The fourth-order valence-electron chi connectivity index (χ4n) is 1.61. The van der Waals surface area contributed by atoms with E-state index in [1.165, 1.54) is 0 Å². The second-order valence-corrected chi connectivity index (χ2v) is 4.42. The summed E-state index contributed by atoms with van der Waals surface area (Å²) < 4.78 is 5.53. The molecule has 0 aliphatic carbocycles. The summed E-state index contributed by atoms with van der Waals surface area (Å²) in [5.41, 5.74) is 8.53. The maximum atomic E-state index is 5.85. The van der Waals surface area contributed by atoms with Crippen molar-refractivity contribution in [1.29, 1.82) is 0 Å². The number of nitrogens with two attached hydrogens (primary N) is 1. The first-order chi connectivity index (χ1) is 9.19. The van der Waals surface area contributed by atoms with Crippen LogP contribution in [0.15, 0.2) is 36.5 Å². The predicted octanol–water partition coefficient (Wildman–Crippen LogP) is 3.50. The van der Waals surface area contributed by atoms with Crippen LogP contribution in [0.25, 0.3) is 0 Å². The quantitative estimate of drug-likeness (QED) is 0.860. The van der Waals surface area contributed by atoms with E-state index in [1.807, 2.05) is 37.3 Å². The van der Waals surface area contributed by atoms with Crippen LogP contribution in [0.4, 0.5) is 17.2 Å². The van der Waals surface area contributed by atoms with Gasteiger partial charge in [-0.25, -0.2) is 4.98 Å². The first-order valence-corrected chi connectivity index (χ1v) is 6.41. The Hall–Kier alpha value is -2.23. The van der Waals surface area contributed by atoms with Crippen LogP contribution in [0.5, 0.6) is 5.75 Å². The van der Waals surface area contributed by atoms with Crippen molar-refractivity contribution in [2.45, 2.75) is 20.3 Å². The molecule has 4 heteroatoms. The van der Waals surface area contributed by atoms with Gasteiger partial charge >= 0.3 is 0 Å². The minimum atomic E-state index is 0.736. The topological polar surface area (TPSA) is 60.2 Å². The number of nitrogen functional groups attached to an aromatic ring is 1. The molecule has 0 saturated carbocycles. The largest absolute Gasteiger partial charge is 0.494 e. The zero-order valence-electron chi connectivity index (χ0n) is 11.3. The molecule has 0 spiro atoms. The van der Waals surface area contributed by atoms with Crippen LogP contribution in [0.1, 0.15) is 18.9 Å². The predicted molar refractivity (Wildman–Crippen MR) is 78.9 cm³/mol. The average Bonchev–Trinajstić information content (AvgIpc) is 2.42. The molecule has 0 unspecified atom stereocenters. The first-order valence-electron chi connectivity index (χ1n) is 6.41. The van der Waals surface area contributed by atoms with Gasteiger partial charge in [-0.2, -0.15) is 0 Å². The Balaban J connectivity index is 2.04. The van der Waals surface area contributed by atoms with Crippen molar-refractivity contribution in [2.75, 3.05) is 17.7 Å². The van der Waals surface area contributed by atoms with Gasteiger partial charge in [-0.1, -0.05) is 6.92 Å². The Bertz CT molecular complexity index is 538. The molecule has 3 N–H and O–H groups in total. The minimum absolute atomic E-state index is 0.736. The number of anilines is 3. The highest BCUT2D eigenvalue weighted by atomic mass is 16.5. The average molecular weight is 257 g/mol. The van der Waals surface area contributed by atoms with E-state index in [1.54, 1.807) is 6.20 Å². The summed E-state index contributed by atoms with van der Waals surface area (Å²) in [6, 6.07) is 9.63. The lowest BCUT2D eigenvalue weighted by molar-refractivity contribution is 0.317. The summed E-state index contributed by atoms with van der Waals surface area (Å²) >= 11 is 0. The molecule has 1 heterocycles. The van der Waals surface area contributed by atoms with Gasteiger partial charge in [0.25, 0.3) is 0 Å². The third kappa shape index (κ3) is 3.61. The third-order valence-electron chi connectivity index (χ3n) is 2.74. The fourth-order valence-corrected chi connectivity index (χ4v) is 1.61. The molecule has 0 atom stereocenters. The lowest BCUT2D eigenvalue weighted by Gasteiger charge is -2.09. The smallest absolute Gasteiger partial charge is 0.132 e. The third-order valence-corrected chi connectivity index (χ3v) is 2.74. The number of nitrogens with one attached hydrogen (secondary N) is 1. The number of nitrogens with zero attached hydrogens (tertiary/aromatic N) is 1. The summed E-state index contributed by atoms with van der Waals surface area (Å²) in [5, 5.41) is 3.21. The van der Waals surface area contributed by atoms with Gasteiger partial charge in [0.05, 0.1) is 6.61 Å². The summed E-state index contributed by atoms with van der Waals surface area (Å²) in [6.45, 7) is 4.76. The van der Waals surface area contributed by atoms with Crippen molar-refractivity contribution in [2.24, 2.45) is 0 Å². The van der Waals surface area contributed by atoms with Gasteiger partial charge in [0, 0.05) is 23.6 Å². The maximum Gasteiger partial charge on any atom is 0.132 e. The second-order valence-electron chi connectivity index (χ2n) is 4.42. The number of aromatic nitrogens is 1. The first kappa shape index (κ1) is 13.2. The van der Waals surface area contributed by atoms with E-state index in [4.69, 9.17) is 10.5 Å². The number of benzene rings is 1. The molecule has 0 aliphatic rings. The molecular weight excluding hydrogens is 238 g/mol. The molecule has 2 rings (SSSR count). The van der Waals surface area contributed by atoms with Crippen LogP contribution in [0.3, 0.4) is 0 Å². The van der Waals surface area contributed by atoms with Crippen molar-refractivity contribution in [1.82, 2.24) is 4.98 Å². The highest BCUT2D eigenvalue weighted by Crippen LogP contribution is 2.21. The maximum absolute atomic E-state index is 5.85. The molecule has 0 amide bonds. The summed E-state index contributed by atoms with van der Waals surface area (Å²) in [4.78, 5) is 4.28. The Morgan fingerprint density at radius 1 is 1.26 bits per heavy atom. The van der Waals surface area contributed by atoms with E-state index in [0.717, 1.165) is 41.5 Å². The van der Waals surface area contributed by atoms with Crippen LogP contribution < -0.4 is 15.8 Å². The molecule has 19 heavy (non-hydrogen) atoms. The van der Waals surface area contributed by atoms with Crippen LogP contribution >= 0.6 is 0 Å². The van der Waals surface area contributed by atoms with E-state index in [-0.39, 0.29) is 0 Å². The lowest BCUT2D eigenvalue weighted by atomic mass is 10.2. The summed E-state index contributed by atoms with van der Waals surface area (Å²) in [7, 11) is 0. The number of ether oxygens (including phenoxy) is 1. The second kappa shape index (κ2) is 6.09. The van der Waals surface area contributed by atoms with Gasteiger partial charge in [-0.15, -0.1) is 0 Å². The fraction of sp³-hybridized carbons (Fsp3) is 0.267. The van der Waals surface area contributed by atoms with Crippen molar-refractivity contribution < 1.29 is 4.74 Å². The van der Waals surface area contributed by atoms with E-state index >= 15 is 0 Å². The van der Waals surface area contributed by atoms with Crippen molar-refractivity contribution in [3.05, 3.63) is 42.1 Å². The number of pyridine rings is 1. The van der Waals surface area contributed by atoms with Crippen molar-refractivity contribution in [3.63, 3.8) is 0 Å². The molecule has 100 valence electrons. The van der Waals surface area contributed by atoms with E-state index in [9.17, 15) is 0 Å². The lowest BCUT2D eigenvalue weighted by Crippen LogP contribution is -1.98. The summed E-state index contributed by atoms with van der Waals surface area (Å²) in [5.74, 6) is 1.62. The molecule has 0 bridgehead atoms. The van der Waals surface area contributed by atoms with Gasteiger partial charge in [0.2, 0.25) is 0 Å². The number of hydrogen-bond donors (Lipinski definition) is 2. The van der Waals surface area contributed by atoms with Gasteiger partial charge in [0.1, 0.15) is 11.6 Å². The zero-order valence-corrected chi connectivity index (χ0v) is 11.3. The highest BCUT2D eigenvalue weighted by Gasteiger charge is 2.00. The normalized spacial score (nSPS) is 10.2.